The molecule has 2 aromatic carbocycles. The van der Waals surface area contributed by atoms with Crippen molar-refractivity contribution in [1.82, 2.24) is 0 Å². The van der Waals surface area contributed by atoms with Gasteiger partial charge in [-0.05, 0) is 18.2 Å². The molecule has 5 N–H and O–H groups in total. The van der Waals surface area contributed by atoms with Gasteiger partial charge in [0.05, 0.1) is 5.02 Å². The van der Waals surface area contributed by atoms with Gasteiger partial charge < -0.3 is 5.73 Å². The second-order valence-electron chi connectivity index (χ2n) is 4.47. The molecule has 0 fully saturated rings. The minimum atomic E-state index is -4.92. The summed E-state index contributed by atoms with van der Waals surface area (Å²) in [4.78, 5) is 10.8. The van der Waals surface area contributed by atoms with E-state index in [1.807, 2.05) is 0 Å². The Hall–Kier alpha value is -1.83. The molecule has 0 saturated heterocycles. The van der Waals surface area contributed by atoms with Crippen LogP contribution in [0.2, 0.25) is 5.02 Å². The molecule has 7 nitrogen and oxygen atoms in total. The summed E-state index contributed by atoms with van der Waals surface area (Å²) in [5, 5.41) is 10.8. The maximum absolute atomic E-state index is 12.4. The summed E-state index contributed by atoms with van der Waals surface area (Å²) in [6, 6.07) is 9.99. The molecule has 2 aromatic rings. The summed E-state index contributed by atoms with van der Waals surface area (Å²) in [5.41, 5.74) is 5.77. The van der Waals surface area contributed by atoms with Crippen molar-refractivity contribution >= 4 is 47.4 Å². The van der Waals surface area contributed by atoms with Gasteiger partial charge in [-0.15, -0.1) is 0 Å². The van der Waals surface area contributed by atoms with Crippen LogP contribution in [-0.2, 0) is 12.4 Å². The van der Waals surface area contributed by atoms with E-state index in [0.717, 1.165) is 0 Å². The standard InChI is InChI=1S/C8H10AsNO5.C6H5ClFN/c1-6(11)10-8-5-3-2-4-7(8)9(12,13)15-14;7-5-2-1-4(9)3-6(5)8/h2-5,14H,1H3,(H,10,11)(H,12,13);1-3H,9H2. The number of hydrogen-bond donors (Lipinski definition) is 4. The van der Waals surface area contributed by atoms with Crippen molar-refractivity contribution in [2.24, 2.45) is 0 Å². The molecule has 0 aromatic heterocycles. The second kappa shape index (κ2) is 8.86. The van der Waals surface area contributed by atoms with Gasteiger partial charge in [0.15, 0.2) is 0 Å². The van der Waals surface area contributed by atoms with Crippen LogP contribution in [0.4, 0.5) is 15.8 Å². The molecular weight excluding hydrogens is 406 g/mol. The van der Waals surface area contributed by atoms with Gasteiger partial charge in [-0.1, -0.05) is 11.6 Å². The topological polar surface area (TPSA) is 122 Å². The van der Waals surface area contributed by atoms with Gasteiger partial charge in [-0.3, -0.25) is 0 Å². The summed E-state index contributed by atoms with van der Waals surface area (Å²) in [5.74, 6) is -0.854. The van der Waals surface area contributed by atoms with Crippen LogP contribution in [0, 0.1) is 5.82 Å². The van der Waals surface area contributed by atoms with Crippen molar-refractivity contribution in [1.29, 1.82) is 0 Å². The number of anilines is 2. The Bertz CT molecular complexity index is 775. The number of benzene rings is 2. The average Bonchev–Trinajstić information content (AvgIpc) is 2.52. The third-order valence-corrected chi connectivity index (χ3v) is 5.44. The molecule has 1 amide bonds. The fraction of sp³-hybridized carbons (Fsp3) is 0.0714. The number of hydrogen-bond acceptors (Lipinski definition) is 5. The maximum atomic E-state index is 12.4. The van der Waals surface area contributed by atoms with Crippen molar-refractivity contribution < 1.29 is 26.2 Å². The Morgan fingerprint density at radius 3 is 2.46 bits per heavy atom. The summed E-state index contributed by atoms with van der Waals surface area (Å²) in [6.07, 6.45) is 0. The predicted octanol–water partition coefficient (Wildman–Crippen LogP) is 1.76. The number of halogens is 2. The molecule has 10 heteroatoms. The van der Waals surface area contributed by atoms with E-state index in [2.05, 4.69) is 9.19 Å². The molecule has 0 bridgehead atoms. The first-order valence-corrected chi connectivity index (χ1v) is 10.1. The van der Waals surface area contributed by atoms with E-state index in [9.17, 15) is 17.0 Å². The molecule has 1 atom stereocenters. The van der Waals surface area contributed by atoms with E-state index in [1.54, 1.807) is 12.1 Å². The molecule has 2 rings (SSSR count). The van der Waals surface area contributed by atoms with Crippen LogP contribution in [0.3, 0.4) is 0 Å². The maximum Gasteiger partial charge on any atom is 0.143 e. The molecule has 0 radical (unpaired) electrons. The third-order valence-electron chi connectivity index (χ3n) is 2.57. The van der Waals surface area contributed by atoms with Gasteiger partial charge in [0.25, 0.3) is 0 Å². The van der Waals surface area contributed by atoms with Crippen LogP contribution in [0.15, 0.2) is 42.5 Å². The molecule has 0 aliphatic heterocycles. The Morgan fingerprint density at radius 1 is 1.33 bits per heavy atom. The summed E-state index contributed by atoms with van der Waals surface area (Å²) in [7, 11) is 0. The first-order chi connectivity index (χ1) is 11.2. The zero-order valence-electron chi connectivity index (χ0n) is 12.4. The van der Waals surface area contributed by atoms with Crippen molar-refractivity contribution in [2.75, 3.05) is 11.1 Å². The quantitative estimate of drug-likeness (QED) is 0.260. The van der Waals surface area contributed by atoms with Crippen molar-refractivity contribution in [3.05, 3.63) is 53.3 Å². The number of nitrogen functional groups attached to an aromatic ring is 1. The Labute approximate surface area is 145 Å². The summed E-state index contributed by atoms with van der Waals surface area (Å²) >= 11 is 0.426. The smallest absolute Gasteiger partial charge is 0.143 e. The zero-order chi connectivity index (χ0) is 18.3. The number of carbonyl (C=O) groups is 1. The summed E-state index contributed by atoms with van der Waals surface area (Å²) < 4.78 is 36.5. The van der Waals surface area contributed by atoms with E-state index in [-0.39, 0.29) is 21.0 Å². The summed E-state index contributed by atoms with van der Waals surface area (Å²) in [6.45, 7) is 1.27. The van der Waals surface area contributed by atoms with Crippen LogP contribution < -0.4 is 15.4 Å². The van der Waals surface area contributed by atoms with E-state index in [0.29, 0.717) is 5.69 Å². The first kappa shape index (κ1) is 20.2. The fourth-order valence-corrected chi connectivity index (χ4v) is 3.36. The number of nitrogens with two attached hydrogens (primary N) is 1. The van der Waals surface area contributed by atoms with Crippen LogP contribution in [0.25, 0.3) is 0 Å². The van der Waals surface area contributed by atoms with Crippen molar-refractivity contribution in [3.63, 3.8) is 0 Å². The van der Waals surface area contributed by atoms with E-state index in [1.165, 1.54) is 37.3 Å². The van der Waals surface area contributed by atoms with Crippen molar-refractivity contribution in [3.8, 4) is 0 Å². The number of amides is 1. The zero-order valence-corrected chi connectivity index (χ0v) is 15.1. The Balaban J connectivity index is 0.000000272. The van der Waals surface area contributed by atoms with Gasteiger partial charge in [-0.2, -0.15) is 0 Å². The second-order valence-corrected chi connectivity index (χ2v) is 8.42. The predicted molar refractivity (Wildman–Crippen MR) is 88.6 cm³/mol. The van der Waals surface area contributed by atoms with Crippen molar-refractivity contribution in [2.45, 2.75) is 6.92 Å². The number of nitrogens with one attached hydrogen (secondary N) is 1. The molecule has 1 unspecified atom stereocenters. The molecular formula is C14H15AsClFN2O5. The van der Waals surface area contributed by atoms with E-state index in [4.69, 9.17) is 22.6 Å². The molecule has 0 saturated carbocycles. The Morgan fingerprint density at radius 2 is 1.96 bits per heavy atom. The molecule has 0 spiro atoms. The van der Waals surface area contributed by atoms with Gasteiger partial charge in [-0.25, -0.2) is 4.39 Å². The first-order valence-electron chi connectivity index (χ1n) is 6.41. The Kier molecular flexibility index (Phi) is 7.47. The van der Waals surface area contributed by atoms with Gasteiger partial charge in [0.1, 0.15) is 5.82 Å². The molecule has 24 heavy (non-hydrogen) atoms. The molecule has 0 heterocycles. The molecule has 0 aliphatic rings. The normalized spacial score (nSPS) is 12.5. The van der Waals surface area contributed by atoms with E-state index < -0.39 is 20.0 Å². The SMILES string of the molecule is CC(=O)Nc1ccccc1[As](=O)(O)OO.Nc1ccc(Cl)c(F)c1. The van der Waals surface area contributed by atoms with Crippen LogP contribution in [-0.4, -0.2) is 29.4 Å². The molecule has 130 valence electrons. The van der Waals surface area contributed by atoms with Crippen LogP contribution in [0.1, 0.15) is 6.92 Å². The largest absolute Gasteiger partial charge is 0.399 e. The minimum absolute atomic E-state index is 0.101. The van der Waals surface area contributed by atoms with Gasteiger partial charge in [0, 0.05) is 5.69 Å². The average molecular weight is 421 g/mol. The monoisotopic (exact) mass is 420 g/mol. The fourth-order valence-electron chi connectivity index (χ4n) is 1.57. The minimum Gasteiger partial charge on any atom is -0.399 e. The number of carbonyl (C=O) groups excluding carboxylic acids is 1. The van der Waals surface area contributed by atoms with Gasteiger partial charge >= 0.3 is 88.4 Å². The third kappa shape index (κ3) is 5.99. The van der Waals surface area contributed by atoms with E-state index >= 15 is 0 Å². The van der Waals surface area contributed by atoms with Gasteiger partial charge in [0.2, 0.25) is 0 Å². The van der Waals surface area contributed by atoms with Crippen LogP contribution >= 0.6 is 11.6 Å². The molecule has 0 aliphatic carbocycles. The number of para-hydroxylation sites is 1. The van der Waals surface area contributed by atoms with Crippen LogP contribution in [0.5, 0.6) is 0 Å². The number of rotatable bonds is 3.